The predicted molar refractivity (Wildman–Crippen MR) is 108 cm³/mol. The lowest BCUT2D eigenvalue weighted by atomic mass is 10.1. The highest BCUT2D eigenvalue weighted by Crippen LogP contribution is 2.17. The van der Waals surface area contributed by atoms with E-state index in [1.54, 1.807) is 24.3 Å². The van der Waals surface area contributed by atoms with Crippen LogP contribution in [0.3, 0.4) is 0 Å². The fraction of sp³-hybridized carbons (Fsp3) is 0.364. The zero-order chi connectivity index (χ0) is 19.8. The van der Waals surface area contributed by atoms with Crippen molar-refractivity contribution < 1.29 is 14.3 Å². The van der Waals surface area contributed by atoms with Crippen LogP contribution in [0.5, 0.6) is 5.75 Å². The van der Waals surface area contributed by atoms with Crippen molar-refractivity contribution >= 4 is 17.5 Å². The highest BCUT2D eigenvalue weighted by molar-refractivity contribution is 5.98. The molecule has 0 aliphatic rings. The predicted octanol–water partition coefficient (Wildman–Crippen LogP) is 4.32. The number of amides is 2. The Labute approximate surface area is 161 Å². The molecular formula is C22H28N2O3. The second kappa shape index (κ2) is 9.76. The molecule has 2 N–H and O–H groups in total. The number of hydrogen-bond acceptors (Lipinski definition) is 3. The molecule has 0 aliphatic heterocycles. The van der Waals surface area contributed by atoms with E-state index >= 15 is 0 Å². The van der Waals surface area contributed by atoms with Gasteiger partial charge in [-0.1, -0.05) is 32.0 Å². The highest BCUT2D eigenvalue weighted by atomic mass is 16.5. The quantitative estimate of drug-likeness (QED) is 0.729. The third kappa shape index (κ3) is 6.13. The summed E-state index contributed by atoms with van der Waals surface area (Å²) >= 11 is 0. The number of benzene rings is 2. The van der Waals surface area contributed by atoms with Crippen LogP contribution < -0.4 is 15.4 Å². The van der Waals surface area contributed by atoms with Gasteiger partial charge in [-0.2, -0.15) is 0 Å². The van der Waals surface area contributed by atoms with Crippen molar-refractivity contribution in [3.05, 3.63) is 59.7 Å². The molecule has 2 rings (SSSR count). The van der Waals surface area contributed by atoms with Crippen LogP contribution in [0.25, 0.3) is 0 Å². The number of hydrogen-bond donors (Lipinski definition) is 2. The fourth-order valence-electron chi connectivity index (χ4n) is 2.55. The molecule has 2 aromatic carbocycles. The van der Waals surface area contributed by atoms with Crippen LogP contribution >= 0.6 is 0 Å². The summed E-state index contributed by atoms with van der Waals surface area (Å²) < 4.78 is 5.83. The van der Waals surface area contributed by atoms with E-state index in [2.05, 4.69) is 10.6 Å². The zero-order valence-electron chi connectivity index (χ0n) is 16.4. The Bertz CT molecular complexity index is 789. The lowest BCUT2D eigenvalue weighted by Crippen LogP contribution is -2.33. The molecule has 27 heavy (non-hydrogen) atoms. The molecule has 0 spiro atoms. The molecule has 144 valence electrons. The van der Waals surface area contributed by atoms with Gasteiger partial charge in [0, 0.05) is 17.3 Å². The maximum atomic E-state index is 12.6. The minimum Gasteiger partial charge on any atom is -0.481 e. The van der Waals surface area contributed by atoms with Crippen LogP contribution in [0.1, 0.15) is 49.5 Å². The van der Waals surface area contributed by atoms with Crippen molar-refractivity contribution in [2.24, 2.45) is 0 Å². The third-order valence-corrected chi connectivity index (χ3v) is 4.31. The Hall–Kier alpha value is -2.82. The highest BCUT2D eigenvalue weighted by Gasteiger charge is 2.19. The molecule has 5 heteroatoms. The summed E-state index contributed by atoms with van der Waals surface area (Å²) in [6, 6.07) is 14.6. The molecule has 5 nitrogen and oxygen atoms in total. The number of carbonyl (C=O) groups is 2. The first-order valence-electron chi connectivity index (χ1n) is 9.38. The Morgan fingerprint density at radius 2 is 1.78 bits per heavy atom. The summed E-state index contributed by atoms with van der Waals surface area (Å²) in [6.07, 6.45) is 0.786. The van der Waals surface area contributed by atoms with Crippen LogP contribution in [-0.4, -0.2) is 24.0 Å². The van der Waals surface area contributed by atoms with E-state index in [1.807, 2.05) is 52.0 Å². The van der Waals surface area contributed by atoms with E-state index in [0.29, 0.717) is 23.4 Å². The van der Waals surface area contributed by atoms with E-state index < -0.39 is 6.10 Å². The molecule has 0 bridgehead atoms. The monoisotopic (exact) mass is 368 g/mol. The number of aryl methyl sites for hydroxylation is 1. The summed E-state index contributed by atoms with van der Waals surface area (Å²) in [5.41, 5.74) is 2.16. The van der Waals surface area contributed by atoms with E-state index in [1.165, 1.54) is 0 Å². The zero-order valence-corrected chi connectivity index (χ0v) is 16.4. The third-order valence-electron chi connectivity index (χ3n) is 4.31. The lowest BCUT2D eigenvalue weighted by molar-refractivity contribution is -0.122. The first-order valence-corrected chi connectivity index (χ1v) is 9.38. The average Bonchev–Trinajstić information content (AvgIpc) is 2.66. The van der Waals surface area contributed by atoms with E-state index in [-0.39, 0.29) is 17.9 Å². The molecule has 0 radical (unpaired) electrons. The fourth-order valence-corrected chi connectivity index (χ4v) is 2.55. The summed E-state index contributed by atoms with van der Waals surface area (Å²) in [4.78, 5) is 24.9. The molecule has 2 aromatic rings. The largest absolute Gasteiger partial charge is 0.481 e. The van der Waals surface area contributed by atoms with Crippen LogP contribution in [0, 0.1) is 6.92 Å². The maximum Gasteiger partial charge on any atom is 0.265 e. The van der Waals surface area contributed by atoms with Crippen molar-refractivity contribution in [2.45, 2.75) is 52.7 Å². The SMILES string of the molecule is CCC(C)NC(=O)c1cccc(NC(=O)C(CC)Oc2cccc(C)c2)c1. The normalized spacial score (nSPS) is 12.7. The molecule has 0 aliphatic carbocycles. The Kier molecular flexibility index (Phi) is 7.41. The van der Waals surface area contributed by atoms with Gasteiger partial charge in [0.25, 0.3) is 11.8 Å². The average molecular weight is 368 g/mol. The Morgan fingerprint density at radius 1 is 1.04 bits per heavy atom. The number of rotatable bonds is 8. The van der Waals surface area contributed by atoms with Gasteiger partial charge in [0.05, 0.1) is 0 Å². The van der Waals surface area contributed by atoms with Crippen LogP contribution in [0.15, 0.2) is 48.5 Å². The van der Waals surface area contributed by atoms with Gasteiger partial charge >= 0.3 is 0 Å². The van der Waals surface area contributed by atoms with Gasteiger partial charge in [0.1, 0.15) is 5.75 Å². The van der Waals surface area contributed by atoms with Crippen molar-refractivity contribution in [1.82, 2.24) is 5.32 Å². The first kappa shape index (κ1) is 20.5. The minimum atomic E-state index is -0.607. The number of ether oxygens (including phenoxy) is 1. The number of anilines is 1. The summed E-state index contributed by atoms with van der Waals surface area (Å²) in [7, 11) is 0. The standard InChI is InChI=1S/C22H28N2O3/c1-5-16(4)23-21(25)17-10-8-11-18(14-17)24-22(26)20(6-2)27-19-12-7-9-15(3)13-19/h7-14,16,20H,5-6H2,1-4H3,(H,23,25)(H,24,26). The molecular weight excluding hydrogens is 340 g/mol. The van der Waals surface area contributed by atoms with Crippen LogP contribution in [-0.2, 0) is 4.79 Å². The molecule has 0 saturated heterocycles. The maximum absolute atomic E-state index is 12.6. The molecule has 0 fully saturated rings. The molecule has 2 atom stereocenters. The Balaban J connectivity index is 2.05. The summed E-state index contributed by atoms with van der Waals surface area (Å²) in [5.74, 6) is 0.278. The second-order valence-electron chi connectivity index (χ2n) is 6.68. The molecule has 0 saturated carbocycles. The van der Waals surface area contributed by atoms with Crippen LogP contribution in [0.2, 0.25) is 0 Å². The van der Waals surface area contributed by atoms with Crippen LogP contribution in [0.4, 0.5) is 5.69 Å². The molecule has 0 heterocycles. The van der Waals surface area contributed by atoms with E-state index in [0.717, 1.165) is 12.0 Å². The molecule has 0 aromatic heterocycles. The number of carbonyl (C=O) groups excluding carboxylic acids is 2. The number of nitrogens with one attached hydrogen (secondary N) is 2. The van der Waals surface area contributed by atoms with Gasteiger partial charge in [-0.25, -0.2) is 0 Å². The molecule has 2 unspecified atom stereocenters. The van der Waals surface area contributed by atoms with Gasteiger partial charge in [-0.15, -0.1) is 0 Å². The molecule has 2 amide bonds. The first-order chi connectivity index (χ1) is 12.9. The Morgan fingerprint density at radius 3 is 2.44 bits per heavy atom. The summed E-state index contributed by atoms with van der Waals surface area (Å²) in [5, 5.41) is 5.77. The second-order valence-corrected chi connectivity index (χ2v) is 6.68. The van der Waals surface area contributed by atoms with Crippen molar-refractivity contribution in [3.8, 4) is 5.75 Å². The van der Waals surface area contributed by atoms with Gasteiger partial charge < -0.3 is 15.4 Å². The van der Waals surface area contributed by atoms with Crippen molar-refractivity contribution in [2.75, 3.05) is 5.32 Å². The lowest BCUT2D eigenvalue weighted by Gasteiger charge is -2.18. The topological polar surface area (TPSA) is 67.4 Å². The van der Waals surface area contributed by atoms with Gasteiger partial charge in [0.15, 0.2) is 6.10 Å². The summed E-state index contributed by atoms with van der Waals surface area (Å²) in [6.45, 7) is 7.85. The van der Waals surface area contributed by atoms with Crippen molar-refractivity contribution in [1.29, 1.82) is 0 Å². The van der Waals surface area contributed by atoms with E-state index in [4.69, 9.17) is 4.74 Å². The van der Waals surface area contributed by atoms with Crippen molar-refractivity contribution in [3.63, 3.8) is 0 Å². The van der Waals surface area contributed by atoms with Gasteiger partial charge in [-0.05, 0) is 62.6 Å². The minimum absolute atomic E-state index is 0.1000. The van der Waals surface area contributed by atoms with Gasteiger partial charge in [0.2, 0.25) is 0 Å². The van der Waals surface area contributed by atoms with Gasteiger partial charge in [-0.3, -0.25) is 9.59 Å². The van der Waals surface area contributed by atoms with E-state index in [9.17, 15) is 9.59 Å². The smallest absolute Gasteiger partial charge is 0.265 e.